The number of nitrogens with zero attached hydrogens (tertiary/aromatic N) is 3. The van der Waals surface area contributed by atoms with Crippen LogP contribution < -0.4 is 5.73 Å². The Hall–Kier alpha value is -1.55. The quantitative estimate of drug-likeness (QED) is 0.909. The summed E-state index contributed by atoms with van der Waals surface area (Å²) < 4.78 is 1.87. The molecule has 2 aromatic rings. The molecule has 2 rings (SSSR count). The molecule has 0 radical (unpaired) electrons. The van der Waals surface area contributed by atoms with Crippen LogP contribution in [0.4, 0.5) is 5.82 Å². The van der Waals surface area contributed by atoms with Gasteiger partial charge in [0, 0.05) is 30.9 Å². The minimum absolute atomic E-state index is 0.522. The molecule has 2 heterocycles. The van der Waals surface area contributed by atoms with E-state index in [4.69, 9.17) is 17.3 Å². The van der Waals surface area contributed by atoms with E-state index >= 15 is 0 Å². The number of aromatic nitrogens is 3. The minimum Gasteiger partial charge on any atom is -0.383 e. The van der Waals surface area contributed by atoms with Gasteiger partial charge in [-0.15, -0.1) is 0 Å². The Morgan fingerprint density at radius 2 is 2.18 bits per heavy atom. The number of aryl methyl sites for hydroxylation is 2. The van der Waals surface area contributed by atoms with Crippen LogP contribution in [-0.4, -0.2) is 14.8 Å². The zero-order chi connectivity index (χ0) is 12.4. The molecule has 0 saturated heterocycles. The van der Waals surface area contributed by atoms with Crippen molar-refractivity contribution in [1.82, 2.24) is 14.8 Å². The Kier molecular flexibility index (Phi) is 3.33. The maximum absolute atomic E-state index is 5.91. The summed E-state index contributed by atoms with van der Waals surface area (Å²) in [5.41, 5.74) is 8.95. The van der Waals surface area contributed by atoms with Crippen molar-refractivity contribution in [2.24, 2.45) is 7.05 Å². The highest BCUT2D eigenvalue weighted by molar-refractivity contribution is 6.30. The van der Waals surface area contributed by atoms with Crippen molar-refractivity contribution in [1.29, 1.82) is 0 Å². The molecule has 0 atom stereocenters. The van der Waals surface area contributed by atoms with E-state index in [1.165, 1.54) is 0 Å². The Bertz CT molecular complexity index is 533. The Morgan fingerprint density at radius 3 is 2.82 bits per heavy atom. The van der Waals surface area contributed by atoms with Crippen LogP contribution >= 0.6 is 11.6 Å². The molecule has 90 valence electrons. The van der Waals surface area contributed by atoms with E-state index in [1.54, 1.807) is 6.20 Å². The Labute approximate surface area is 105 Å². The van der Waals surface area contributed by atoms with Gasteiger partial charge in [-0.3, -0.25) is 4.68 Å². The lowest BCUT2D eigenvalue weighted by molar-refractivity contribution is 0.710. The maximum Gasteiger partial charge on any atom is 0.127 e. The number of nitrogens with two attached hydrogens (primary N) is 1. The first kappa shape index (κ1) is 11.9. The molecule has 0 aliphatic rings. The van der Waals surface area contributed by atoms with E-state index in [9.17, 15) is 0 Å². The molecule has 2 aromatic heterocycles. The average molecular weight is 251 g/mol. The summed E-state index contributed by atoms with van der Waals surface area (Å²) in [5, 5.41) is 5.00. The molecule has 0 amide bonds. The number of anilines is 1. The third-order valence-corrected chi connectivity index (χ3v) is 2.94. The Morgan fingerprint density at radius 1 is 1.41 bits per heavy atom. The molecule has 0 fully saturated rings. The van der Waals surface area contributed by atoms with Gasteiger partial charge in [-0.05, 0) is 18.6 Å². The van der Waals surface area contributed by atoms with Crippen LogP contribution in [-0.2, 0) is 19.9 Å². The second-order valence-corrected chi connectivity index (χ2v) is 4.42. The van der Waals surface area contributed by atoms with Crippen molar-refractivity contribution >= 4 is 17.4 Å². The smallest absolute Gasteiger partial charge is 0.127 e. The number of hydrogen-bond donors (Lipinski definition) is 1. The summed E-state index contributed by atoms with van der Waals surface area (Å²) in [6.07, 6.45) is 3.18. The number of nitrogen functional groups attached to an aromatic ring is 1. The first-order valence-corrected chi connectivity index (χ1v) is 5.89. The molecule has 4 nitrogen and oxygen atoms in total. The Balaban J connectivity index is 2.30. The van der Waals surface area contributed by atoms with Crippen LogP contribution in [0.1, 0.15) is 23.9 Å². The number of hydrogen-bond acceptors (Lipinski definition) is 3. The predicted octanol–water partition coefficient (Wildman–Crippen LogP) is 2.20. The summed E-state index contributed by atoms with van der Waals surface area (Å²) in [7, 11) is 1.93. The van der Waals surface area contributed by atoms with Crippen molar-refractivity contribution in [3.05, 3.63) is 40.3 Å². The van der Waals surface area contributed by atoms with E-state index < -0.39 is 0 Å². The van der Waals surface area contributed by atoms with Gasteiger partial charge >= 0.3 is 0 Å². The van der Waals surface area contributed by atoms with Gasteiger partial charge in [0.15, 0.2) is 0 Å². The molecule has 0 saturated carbocycles. The van der Waals surface area contributed by atoms with Crippen molar-refractivity contribution < 1.29 is 0 Å². The highest BCUT2D eigenvalue weighted by Gasteiger charge is 2.08. The molecule has 17 heavy (non-hydrogen) atoms. The minimum atomic E-state index is 0.522. The van der Waals surface area contributed by atoms with Gasteiger partial charge in [0.1, 0.15) is 5.82 Å². The third-order valence-electron chi connectivity index (χ3n) is 2.73. The lowest BCUT2D eigenvalue weighted by Crippen LogP contribution is -2.03. The molecule has 0 unspecified atom stereocenters. The fourth-order valence-electron chi connectivity index (χ4n) is 1.74. The van der Waals surface area contributed by atoms with Gasteiger partial charge in [0.2, 0.25) is 0 Å². The molecule has 0 aliphatic carbocycles. The van der Waals surface area contributed by atoms with Crippen molar-refractivity contribution in [3.8, 4) is 0 Å². The van der Waals surface area contributed by atoms with Gasteiger partial charge in [-0.25, -0.2) is 4.98 Å². The third kappa shape index (κ3) is 2.58. The van der Waals surface area contributed by atoms with Gasteiger partial charge in [0.05, 0.1) is 10.7 Å². The topological polar surface area (TPSA) is 56.7 Å². The van der Waals surface area contributed by atoms with Gasteiger partial charge in [0.25, 0.3) is 0 Å². The standard InChI is InChI=1S/C12H15ClN4/c1-3-10-6-11(17(2)16-10)5-8-4-9(13)7-15-12(8)14/h4,6-7H,3,5H2,1-2H3,(H2,14,15). The first-order valence-electron chi connectivity index (χ1n) is 5.52. The molecular weight excluding hydrogens is 236 g/mol. The first-order chi connectivity index (χ1) is 8.10. The summed E-state index contributed by atoms with van der Waals surface area (Å²) in [6.45, 7) is 2.08. The normalized spacial score (nSPS) is 10.8. The van der Waals surface area contributed by atoms with Crippen LogP contribution in [0, 0.1) is 0 Å². The number of halogens is 1. The average Bonchev–Trinajstić information content (AvgIpc) is 2.65. The van der Waals surface area contributed by atoms with E-state index in [0.29, 0.717) is 17.3 Å². The highest BCUT2D eigenvalue weighted by Crippen LogP contribution is 2.19. The van der Waals surface area contributed by atoms with E-state index in [-0.39, 0.29) is 0 Å². The fourth-order valence-corrected chi connectivity index (χ4v) is 1.92. The van der Waals surface area contributed by atoms with Crippen molar-refractivity contribution in [3.63, 3.8) is 0 Å². The largest absolute Gasteiger partial charge is 0.383 e. The second kappa shape index (κ2) is 4.75. The van der Waals surface area contributed by atoms with Crippen molar-refractivity contribution in [2.45, 2.75) is 19.8 Å². The summed E-state index contributed by atoms with van der Waals surface area (Å²) in [6, 6.07) is 3.93. The number of rotatable bonds is 3. The fraction of sp³-hybridized carbons (Fsp3) is 0.333. The summed E-state index contributed by atoms with van der Waals surface area (Å²) in [4.78, 5) is 4.05. The molecule has 0 aromatic carbocycles. The van der Waals surface area contributed by atoms with E-state index in [0.717, 1.165) is 23.4 Å². The van der Waals surface area contributed by atoms with E-state index in [2.05, 4.69) is 23.1 Å². The second-order valence-electron chi connectivity index (χ2n) is 3.98. The molecule has 0 spiro atoms. The van der Waals surface area contributed by atoms with Gasteiger partial charge in [-0.2, -0.15) is 5.10 Å². The molecule has 0 bridgehead atoms. The molecule has 2 N–H and O–H groups in total. The maximum atomic E-state index is 5.91. The predicted molar refractivity (Wildman–Crippen MR) is 69.1 cm³/mol. The molecule has 0 aliphatic heterocycles. The van der Waals surface area contributed by atoms with E-state index in [1.807, 2.05) is 17.8 Å². The SMILES string of the molecule is CCc1cc(Cc2cc(Cl)cnc2N)n(C)n1. The zero-order valence-corrected chi connectivity index (χ0v) is 10.7. The van der Waals surface area contributed by atoms with Crippen LogP contribution in [0.5, 0.6) is 0 Å². The van der Waals surface area contributed by atoms with Gasteiger partial charge < -0.3 is 5.73 Å². The van der Waals surface area contributed by atoms with Crippen LogP contribution in [0.25, 0.3) is 0 Å². The summed E-state index contributed by atoms with van der Waals surface area (Å²) >= 11 is 5.91. The van der Waals surface area contributed by atoms with Crippen molar-refractivity contribution in [2.75, 3.05) is 5.73 Å². The zero-order valence-electron chi connectivity index (χ0n) is 9.94. The number of pyridine rings is 1. The lowest BCUT2D eigenvalue weighted by Gasteiger charge is -2.05. The lowest BCUT2D eigenvalue weighted by atomic mass is 10.1. The molecule has 5 heteroatoms. The summed E-state index contributed by atoms with van der Waals surface area (Å²) in [5.74, 6) is 0.522. The van der Waals surface area contributed by atoms with Crippen LogP contribution in [0.2, 0.25) is 5.02 Å². The van der Waals surface area contributed by atoms with Crippen LogP contribution in [0.3, 0.4) is 0 Å². The van der Waals surface area contributed by atoms with Crippen LogP contribution in [0.15, 0.2) is 18.3 Å². The van der Waals surface area contributed by atoms with Gasteiger partial charge in [-0.1, -0.05) is 18.5 Å². The monoisotopic (exact) mass is 250 g/mol. The molecular formula is C12H15ClN4. The highest BCUT2D eigenvalue weighted by atomic mass is 35.5.